The maximum Gasteiger partial charge on any atom is 0.348 e. The lowest BCUT2D eigenvalue weighted by atomic mass is 9.91. The van der Waals surface area contributed by atoms with Crippen molar-refractivity contribution in [3.63, 3.8) is 0 Å². The molecule has 0 aliphatic rings. The van der Waals surface area contributed by atoms with Gasteiger partial charge in [0.2, 0.25) is 0 Å². The Morgan fingerprint density at radius 3 is 2.67 bits per heavy atom. The number of hydrogen-bond donors (Lipinski definition) is 0. The predicted molar refractivity (Wildman–Crippen MR) is 58.0 cm³/mol. The second-order valence-corrected chi connectivity index (χ2v) is 4.79. The van der Waals surface area contributed by atoms with Gasteiger partial charge in [-0.2, -0.15) is 0 Å². The molecule has 0 atom stereocenters. The zero-order valence-corrected chi connectivity index (χ0v) is 9.71. The van der Waals surface area contributed by atoms with Crippen molar-refractivity contribution in [1.82, 2.24) is 9.55 Å². The first-order chi connectivity index (χ1) is 6.80. The zero-order chi connectivity index (χ0) is 11.6. The number of carbonyl (C=O) groups is 1. The fraction of sp³-hybridized carbons (Fsp3) is 0.500. The number of nitrogens with zero attached hydrogens (tertiary/aromatic N) is 2. The van der Waals surface area contributed by atoms with Gasteiger partial charge in [-0.05, 0) is 0 Å². The molecule has 0 radical (unpaired) electrons. The molecule has 5 heteroatoms. The van der Waals surface area contributed by atoms with Crippen LogP contribution in [0.1, 0.15) is 20.8 Å². The monoisotopic (exact) mass is 228 g/mol. The van der Waals surface area contributed by atoms with Gasteiger partial charge in [-0.15, -0.1) is 0 Å². The molecule has 0 saturated heterocycles. The number of carbonyl (C=O) groups excluding carboxylic acids is 1. The highest BCUT2D eigenvalue weighted by Gasteiger charge is 2.21. The van der Waals surface area contributed by atoms with E-state index in [9.17, 15) is 9.59 Å². The van der Waals surface area contributed by atoms with Gasteiger partial charge >= 0.3 is 5.69 Å². The summed E-state index contributed by atoms with van der Waals surface area (Å²) in [6.45, 7) is 5.42. The van der Waals surface area contributed by atoms with Crippen molar-refractivity contribution in [3.05, 3.63) is 27.9 Å². The summed E-state index contributed by atoms with van der Waals surface area (Å²) in [4.78, 5) is 26.5. The molecule has 0 aliphatic carbocycles. The van der Waals surface area contributed by atoms with Crippen molar-refractivity contribution in [3.8, 4) is 0 Å². The van der Waals surface area contributed by atoms with Crippen molar-refractivity contribution in [2.45, 2.75) is 27.3 Å². The molecule has 0 aliphatic heterocycles. The van der Waals surface area contributed by atoms with Gasteiger partial charge in [0.1, 0.15) is 0 Å². The molecule has 0 aromatic carbocycles. The van der Waals surface area contributed by atoms with Gasteiger partial charge in [0, 0.05) is 11.6 Å². The summed E-state index contributed by atoms with van der Waals surface area (Å²) in [6.07, 6.45) is 2.68. The molecule has 0 amide bonds. The van der Waals surface area contributed by atoms with E-state index in [-0.39, 0.29) is 12.3 Å². The largest absolute Gasteiger partial charge is 0.348 e. The molecule has 1 heterocycles. The van der Waals surface area contributed by atoms with Crippen LogP contribution in [-0.4, -0.2) is 15.3 Å². The fourth-order valence-corrected chi connectivity index (χ4v) is 1.10. The number of Topliss-reactive ketones (excluding diaryl/α,β-unsaturated/α-hetero) is 1. The number of ketones is 1. The summed E-state index contributed by atoms with van der Waals surface area (Å²) in [5.41, 5.74) is -0.932. The maximum absolute atomic E-state index is 11.7. The molecule has 1 aromatic heterocycles. The molecule has 1 aromatic rings. The second-order valence-electron chi connectivity index (χ2n) is 4.36. The second kappa shape index (κ2) is 4.14. The van der Waals surface area contributed by atoms with E-state index in [4.69, 9.17) is 11.6 Å². The normalized spacial score (nSPS) is 11.5. The van der Waals surface area contributed by atoms with Crippen LogP contribution in [0.3, 0.4) is 0 Å². The number of halogens is 1. The molecule has 0 saturated carbocycles. The van der Waals surface area contributed by atoms with Crippen LogP contribution in [-0.2, 0) is 11.3 Å². The lowest BCUT2D eigenvalue weighted by Crippen LogP contribution is -2.31. The van der Waals surface area contributed by atoms with Gasteiger partial charge < -0.3 is 0 Å². The minimum absolute atomic E-state index is 0.00981. The molecule has 0 N–H and O–H groups in total. The summed E-state index contributed by atoms with van der Waals surface area (Å²) >= 11 is 5.68. The molecule has 0 fully saturated rings. The van der Waals surface area contributed by atoms with Gasteiger partial charge in [-0.25, -0.2) is 9.78 Å². The summed E-state index contributed by atoms with van der Waals surface area (Å²) in [5.74, 6) is -0.0336. The van der Waals surface area contributed by atoms with Crippen molar-refractivity contribution in [1.29, 1.82) is 0 Å². The SMILES string of the molecule is CC(C)(C)C(=O)Cn1cc(Cl)cnc1=O. The number of rotatable bonds is 2. The minimum atomic E-state index is -0.470. The molecule has 82 valence electrons. The van der Waals surface area contributed by atoms with Gasteiger partial charge in [0.15, 0.2) is 5.78 Å². The van der Waals surface area contributed by atoms with E-state index in [0.717, 1.165) is 0 Å². The Morgan fingerprint density at radius 1 is 1.53 bits per heavy atom. The summed E-state index contributed by atoms with van der Waals surface area (Å²) in [6, 6.07) is 0. The smallest absolute Gasteiger partial charge is 0.297 e. The van der Waals surface area contributed by atoms with Crippen molar-refractivity contribution in [2.24, 2.45) is 5.41 Å². The number of aromatic nitrogens is 2. The maximum atomic E-state index is 11.7. The quantitative estimate of drug-likeness (QED) is 0.771. The third-order valence-corrected chi connectivity index (χ3v) is 2.17. The van der Waals surface area contributed by atoms with Crippen LogP contribution in [0.15, 0.2) is 17.2 Å². The van der Waals surface area contributed by atoms with Crippen LogP contribution in [0.4, 0.5) is 0 Å². The van der Waals surface area contributed by atoms with E-state index in [2.05, 4.69) is 4.98 Å². The fourth-order valence-electron chi connectivity index (χ4n) is 0.934. The van der Waals surface area contributed by atoms with E-state index in [1.165, 1.54) is 17.0 Å². The zero-order valence-electron chi connectivity index (χ0n) is 8.95. The Kier molecular flexibility index (Phi) is 3.29. The first-order valence-electron chi connectivity index (χ1n) is 4.56. The summed E-state index contributed by atoms with van der Waals surface area (Å²) < 4.78 is 1.22. The Morgan fingerprint density at radius 2 is 2.13 bits per heavy atom. The van der Waals surface area contributed by atoms with E-state index in [1.54, 1.807) is 20.8 Å². The van der Waals surface area contributed by atoms with E-state index in [1.807, 2.05) is 0 Å². The molecular formula is C10H13ClN2O2. The van der Waals surface area contributed by atoms with Gasteiger partial charge in [0.05, 0.1) is 17.8 Å². The Balaban J connectivity index is 2.95. The van der Waals surface area contributed by atoms with E-state index in [0.29, 0.717) is 5.02 Å². The van der Waals surface area contributed by atoms with Crippen LogP contribution < -0.4 is 5.69 Å². The average Bonchev–Trinajstić information content (AvgIpc) is 2.09. The Labute approximate surface area is 92.9 Å². The van der Waals surface area contributed by atoms with Crippen molar-refractivity contribution < 1.29 is 4.79 Å². The Hall–Kier alpha value is -1.16. The molecule has 0 unspecified atom stereocenters. The minimum Gasteiger partial charge on any atom is -0.297 e. The third kappa shape index (κ3) is 3.16. The molecule has 0 spiro atoms. The number of hydrogen-bond acceptors (Lipinski definition) is 3. The first kappa shape index (κ1) is 11.9. The molecule has 0 bridgehead atoms. The predicted octanol–water partition coefficient (Wildman–Crippen LogP) is 1.51. The Bertz CT molecular complexity index is 432. The lowest BCUT2D eigenvalue weighted by Gasteiger charge is -2.16. The van der Waals surface area contributed by atoms with Crippen LogP contribution in [0.5, 0.6) is 0 Å². The molecule has 1 rings (SSSR count). The first-order valence-corrected chi connectivity index (χ1v) is 4.94. The van der Waals surface area contributed by atoms with Gasteiger partial charge in [-0.1, -0.05) is 32.4 Å². The highest BCUT2D eigenvalue weighted by Crippen LogP contribution is 2.15. The van der Waals surface area contributed by atoms with Crippen LogP contribution in [0.25, 0.3) is 0 Å². The summed E-state index contributed by atoms with van der Waals surface area (Å²) in [7, 11) is 0. The summed E-state index contributed by atoms with van der Waals surface area (Å²) in [5, 5.41) is 0.344. The molecular weight excluding hydrogens is 216 g/mol. The van der Waals surface area contributed by atoms with E-state index < -0.39 is 11.1 Å². The van der Waals surface area contributed by atoms with Crippen LogP contribution in [0.2, 0.25) is 5.02 Å². The molecule has 15 heavy (non-hydrogen) atoms. The van der Waals surface area contributed by atoms with Crippen molar-refractivity contribution in [2.75, 3.05) is 0 Å². The van der Waals surface area contributed by atoms with Crippen LogP contribution >= 0.6 is 11.6 Å². The van der Waals surface area contributed by atoms with Crippen LogP contribution in [0, 0.1) is 5.41 Å². The van der Waals surface area contributed by atoms with Gasteiger partial charge in [-0.3, -0.25) is 9.36 Å². The standard InChI is InChI=1S/C10H13ClN2O2/c1-10(2,3)8(14)6-13-5-7(11)4-12-9(13)15/h4-5H,6H2,1-3H3. The van der Waals surface area contributed by atoms with Crippen molar-refractivity contribution >= 4 is 17.4 Å². The molecule has 4 nitrogen and oxygen atoms in total. The highest BCUT2D eigenvalue weighted by atomic mass is 35.5. The average molecular weight is 229 g/mol. The van der Waals surface area contributed by atoms with Gasteiger partial charge in [0.25, 0.3) is 0 Å². The highest BCUT2D eigenvalue weighted by molar-refractivity contribution is 6.30. The topological polar surface area (TPSA) is 52.0 Å². The van der Waals surface area contributed by atoms with E-state index >= 15 is 0 Å². The lowest BCUT2D eigenvalue weighted by molar-refractivity contribution is -0.126. The third-order valence-electron chi connectivity index (χ3n) is 1.97.